The van der Waals surface area contributed by atoms with Gasteiger partial charge in [0.1, 0.15) is 12.4 Å². The highest BCUT2D eigenvalue weighted by Crippen LogP contribution is 2.34. The summed E-state index contributed by atoms with van der Waals surface area (Å²) in [4.78, 5) is 14.8. The Hall–Kier alpha value is -2.51. The smallest absolute Gasteiger partial charge is 0.233 e. The van der Waals surface area contributed by atoms with Crippen LogP contribution in [0.3, 0.4) is 0 Å². The molecular weight excluding hydrogens is 432 g/mol. The van der Waals surface area contributed by atoms with Crippen LogP contribution in [-0.2, 0) is 24.9 Å². The predicted octanol–water partition coefficient (Wildman–Crippen LogP) is 4.68. The maximum Gasteiger partial charge on any atom is 0.233 e. The average molecular weight is 457 g/mol. The van der Waals surface area contributed by atoms with Crippen LogP contribution in [0.25, 0.3) is 0 Å². The predicted molar refractivity (Wildman–Crippen MR) is 122 cm³/mol. The number of carbonyl (C=O) groups is 1. The van der Waals surface area contributed by atoms with Gasteiger partial charge < -0.3 is 14.2 Å². The summed E-state index contributed by atoms with van der Waals surface area (Å²) < 4.78 is 7.61. The Bertz CT molecular complexity index is 1070. The van der Waals surface area contributed by atoms with Crippen LogP contribution in [0.15, 0.2) is 53.7 Å². The molecule has 1 atom stereocenters. The Labute approximate surface area is 191 Å². The van der Waals surface area contributed by atoms with E-state index < -0.39 is 0 Å². The fourth-order valence-electron chi connectivity index (χ4n) is 3.83. The Kier molecular flexibility index (Phi) is 6.83. The van der Waals surface area contributed by atoms with Gasteiger partial charge in [0, 0.05) is 14.1 Å². The number of halogens is 1. The third-order valence-corrected chi connectivity index (χ3v) is 6.96. The van der Waals surface area contributed by atoms with Crippen molar-refractivity contribution >= 4 is 29.3 Å². The Morgan fingerprint density at radius 3 is 2.84 bits per heavy atom. The zero-order valence-corrected chi connectivity index (χ0v) is 19.2. The molecule has 0 aliphatic heterocycles. The van der Waals surface area contributed by atoms with Crippen molar-refractivity contribution in [2.24, 2.45) is 7.05 Å². The zero-order valence-electron chi connectivity index (χ0n) is 17.6. The van der Waals surface area contributed by atoms with Crippen molar-refractivity contribution in [3.63, 3.8) is 0 Å². The largest absolute Gasteiger partial charge is 0.484 e. The minimum Gasteiger partial charge on any atom is -0.484 e. The lowest BCUT2D eigenvalue weighted by Gasteiger charge is -2.33. The molecule has 1 aromatic heterocycles. The van der Waals surface area contributed by atoms with E-state index in [-0.39, 0.29) is 18.6 Å². The highest BCUT2D eigenvalue weighted by molar-refractivity contribution is 7.99. The quantitative estimate of drug-likeness (QED) is 0.483. The third kappa shape index (κ3) is 4.88. The highest BCUT2D eigenvalue weighted by Gasteiger charge is 2.26. The molecule has 0 saturated heterocycles. The molecule has 6 nitrogen and oxygen atoms in total. The number of hydrogen-bond acceptors (Lipinski definition) is 5. The van der Waals surface area contributed by atoms with Crippen LogP contribution in [0, 0.1) is 0 Å². The fraction of sp³-hybridized carbons (Fsp3) is 0.348. The molecule has 0 radical (unpaired) electrons. The van der Waals surface area contributed by atoms with Gasteiger partial charge in [0.25, 0.3) is 0 Å². The standard InChI is InChI=1S/C23H25ClN4O2S/c1-27(19-12-7-9-16-8-3-4-10-17(16)19)22(29)15-31-23-26-25-21(28(23)2)14-30-20-13-6-5-11-18(20)24/h3-6,8,10-11,13,19H,7,9,12,14-15H2,1-2H3. The first kappa shape index (κ1) is 21.7. The Morgan fingerprint density at radius 1 is 1.23 bits per heavy atom. The summed E-state index contributed by atoms with van der Waals surface area (Å²) >= 11 is 7.52. The van der Waals surface area contributed by atoms with E-state index in [1.165, 1.54) is 22.9 Å². The average Bonchev–Trinajstić information content (AvgIpc) is 3.15. The summed E-state index contributed by atoms with van der Waals surface area (Å²) in [5.41, 5.74) is 2.62. The number of fused-ring (bicyclic) bond motifs is 1. The third-order valence-electron chi connectivity index (χ3n) is 5.64. The van der Waals surface area contributed by atoms with Gasteiger partial charge in [0.2, 0.25) is 5.91 Å². The second-order valence-electron chi connectivity index (χ2n) is 7.58. The molecule has 1 amide bonds. The summed E-state index contributed by atoms with van der Waals surface area (Å²) in [6, 6.07) is 15.9. The molecule has 0 bridgehead atoms. The Morgan fingerprint density at radius 2 is 2.00 bits per heavy atom. The van der Waals surface area contributed by atoms with E-state index in [1.54, 1.807) is 6.07 Å². The van der Waals surface area contributed by atoms with E-state index in [0.29, 0.717) is 27.5 Å². The molecule has 0 saturated carbocycles. The first-order chi connectivity index (χ1) is 15.0. The van der Waals surface area contributed by atoms with Crippen molar-refractivity contribution in [1.29, 1.82) is 0 Å². The van der Waals surface area contributed by atoms with E-state index in [9.17, 15) is 4.79 Å². The molecule has 1 heterocycles. The maximum atomic E-state index is 12.9. The van der Waals surface area contributed by atoms with Crippen molar-refractivity contribution in [2.75, 3.05) is 12.8 Å². The molecule has 4 rings (SSSR count). The van der Waals surface area contributed by atoms with Gasteiger partial charge in [-0.1, -0.05) is 59.8 Å². The number of benzene rings is 2. The molecular formula is C23H25ClN4O2S. The summed E-state index contributed by atoms with van der Waals surface area (Å²) in [5.74, 6) is 1.67. The number of aromatic nitrogens is 3. The fourth-order valence-corrected chi connectivity index (χ4v) is 4.88. The number of nitrogens with zero attached hydrogens (tertiary/aromatic N) is 4. The first-order valence-electron chi connectivity index (χ1n) is 10.3. The summed E-state index contributed by atoms with van der Waals surface area (Å²) in [5, 5.41) is 9.66. The van der Waals surface area contributed by atoms with Crippen molar-refractivity contribution in [3.05, 3.63) is 70.5 Å². The second-order valence-corrected chi connectivity index (χ2v) is 8.93. The van der Waals surface area contributed by atoms with Gasteiger partial charge in [-0.25, -0.2) is 0 Å². The van der Waals surface area contributed by atoms with Crippen LogP contribution in [0.1, 0.15) is 35.8 Å². The minimum atomic E-state index is 0.0866. The maximum absolute atomic E-state index is 12.9. The number of rotatable bonds is 7. The van der Waals surface area contributed by atoms with E-state index >= 15 is 0 Å². The van der Waals surface area contributed by atoms with Gasteiger partial charge in [-0.3, -0.25) is 4.79 Å². The molecule has 162 valence electrons. The van der Waals surface area contributed by atoms with Crippen molar-refractivity contribution in [2.45, 2.75) is 37.1 Å². The number of para-hydroxylation sites is 1. The summed E-state index contributed by atoms with van der Waals surface area (Å²) in [7, 11) is 3.77. The van der Waals surface area contributed by atoms with Crippen LogP contribution < -0.4 is 4.74 Å². The van der Waals surface area contributed by atoms with Crippen LogP contribution >= 0.6 is 23.4 Å². The zero-order chi connectivity index (χ0) is 21.8. The molecule has 8 heteroatoms. The minimum absolute atomic E-state index is 0.0866. The van der Waals surface area contributed by atoms with E-state index in [4.69, 9.17) is 16.3 Å². The van der Waals surface area contributed by atoms with Crippen LogP contribution in [0.2, 0.25) is 5.02 Å². The van der Waals surface area contributed by atoms with Gasteiger partial charge in [-0.05, 0) is 42.5 Å². The van der Waals surface area contributed by atoms with Gasteiger partial charge >= 0.3 is 0 Å². The molecule has 0 N–H and O–H groups in total. The Balaban J connectivity index is 1.35. The molecule has 0 fully saturated rings. The van der Waals surface area contributed by atoms with Crippen LogP contribution in [0.4, 0.5) is 0 Å². The van der Waals surface area contributed by atoms with Gasteiger partial charge in [0.15, 0.2) is 11.0 Å². The molecule has 1 aliphatic rings. The van der Waals surface area contributed by atoms with Crippen molar-refractivity contribution in [3.8, 4) is 5.75 Å². The lowest BCUT2D eigenvalue weighted by atomic mass is 9.87. The molecule has 3 aromatic rings. The number of hydrogen-bond donors (Lipinski definition) is 0. The molecule has 0 spiro atoms. The first-order valence-corrected chi connectivity index (χ1v) is 11.6. The molecule has 1 unspecified atom stereocenters. The van der Waals surface area contributed by atoms with Crippen molar-refractivity contribution < 1.29 is 9.53 Å². The number of thioether (sulfide) groups is 1. The molecule has 2 aromatic carbocycles. The van der Waals surface area contributed by atoms with Gasteiger partial charge in [0.05, 0.1) is 16.8 Å². The van der Waals surface area contributed by atoms with E-state index in [0.717, 1.165) is 19.3 Å². The monoisotopic (exact) mass is 456 g/mol. The number of aryl methyl sites for hydroxylation is 1. The lowest BCUT2D eigenvalue weighted by molar-refractivity contribution is -0.129. The summed E-state index contributed by atoms with van der Waals surface area (Å²) in [6.07, 6.45) is 3.18. The topological polar surface area (TPSA) is 60.3 Å². The van der Waals surface area contributed by atoms with Gasteiger partial charge in [-0.2, -0.15) is 0 Å². The highest BCUT2D eigenvalue weighted by atomic mass is 35.5. The van der Waals surface area contributed by atoms with Crippen LogP contribution in [0.5, 0.6) is 5.75 Å². The SMILES string of the molecule is CN(C(=O)CSc1nnc(COc2ccccc2Cl)n1C)C1CCCc2ccccc21. The second kappa shape index (κ2) is 9.75. The lowest BCUT2D eigenvalue weighted by Crippen LogP contribution is -2.34. The van der Waals surface area contributed by atoms with E-state index in [2.05, 4.69) is 34.5 Å². The normalized spacial score (nSPS) is 15.4. The van der Waals surface area contributed by atoms with Gasteiger partial charge in [-0.15, -0.1) is 10.2 Å². The summed E-state index contributed by atoms with van der Waals surface area (Å²) in [6.45, 7) is 0.250. The number of amides is 1. The van der Waals surface area contributed by atoms with Crippen molar-refractivity contribution in [1.82, 2.24) is 19.7 Å². The molecule has 1 aliphatic carbocycles. The number of carbonyl (C=O) groups excluding carboxylic acids is 1. The van der Waals surface area contributed by atoms with Crippen LogP contribution in [-0.4, -0.2) is 38.4 Å². The van der Waals surface area contributed by atoms with E-state index in [1.807, 2.05) is 41.8 Å². The number of ether oxygens (including phenoxy) is 1. The molecule has 31 heavy (non-hydrogen) atoms.